The third kappa shape index (κ3) is 5.27. The van der Waals surface area contributed by atoms with Gasteiger partial charge >= 0.3 is 0 Å². The lowest BCUT2D eigenvalue weighted by molar-refractivity contribution is 0.0699. The van der Waals surface area contributed by atoms with E-state index in [-0.39, 0.29) is 6.10 Å². The minimum Gasteiger partial charge on any atom is -0.393 e. The Kier molecular flexibility index (Phi) is 7.92. The number of aliphatic hydroxyl groups is 1. The van der Waals surface area contributed by atoms with Gasteiger partial charge in [-0.25, -0.2) is 0 Å². The number of rotatable bonds is 7. The Morgan fingerprint density at radius 1 is 1.06 bits per heavy atom. The maximum absolute atomic E-state index is 10.2. The fourth-order valence-electron chi connectivity index (χ4n) is 3.15. The Labute approximate surface area is 114 Å². The zero-order valence-corrected chi connectivity index (χ0v) is 12.7. The maximum Gasteiger partial charge on any atom is 0.0580 e. The highest BCUT2D eigenvalue weighted by Gasteiger charge is 2.24. The van der Waals surface area contributed by atoms with Gasteiger partial charge in [-0.1, -0.05) is 52.9 Å². The van der Waals surface area contributed by atoms with Crippen LogP contribution < -0.4 is 0 Å². The molecule has 0 aliphatic heterocycles. The highest BCUT2D eigenvalue weighted by Crippen LogP contribution is 2.25. The van der Waals surface area contributed by atoms with E-state index in [1.165, 1.54) is 45.1 Å². The summed E-state index contributed by atoms with van der Waals surface area (Å²) in [5.41, 5.74) is 0. The van der Waals surface area contributed by atoms with Crippen LogP contribution in [0.15, 0.2) is 0 Å². The summed E-state index contributed by atoms with van der Waals surface area (Å²) in [6, 6.07) is 0. The first kappa shape index (κ1) is 16.0. The second-order valence-electron chi connectivity index (χ2n) is 6.00. The van der Waals surface area contributed by atoms with Crippen molar-refractivity contribution < 1.29 is 5.11 Å². The van der Waals surface area contributed by atoms with E-state index in [0.717, 1.165) is 25.4 Å². The van der Waals surface area contributed by atoms with Gasteiger partial charge in [0.15, 0.2) is 0 Å². The zero-order valence-electron chi connectivity index (χ0n) is 12.7. The van der Waals surface area contributed by atoms with Crippen LogP contribution in [0.3, 0.4) is 0 Å². The summed E-state index contributed by atoms with van der Waals surface area (Å²) >= 11 is 0. The van der Waals surface area contributed by atoms with E-state index in [9.17, 15) is 5.11 Å². The van der Waals surface area contributed by atoms with Crippen molar-refractivity contribution in [2.45, 2.75) is 71.8 Å². The smallest absolute Gasteiger partial charge is 0.0580 e. The van der Waals surface area contributed by atoms with Crippen LogP contribution in [0.25, 0.3) is 0 Å². The number of aliphatic hydroxyl groups excluding tert-OH is 1. The Hall–Kier alpha value is -0.0800. The zero-order chi connectivity index (χ0) is 13.4. The van der Waals surface area contributed by atoms with Crippen molar-refractivity contribution in [1.29, 1.82) is 0 Å². The van der Waals surface area contributed by atoms with E-state index < -0.39 is 0 Å². The van der Waals surface area contributed by atoms with Gasteiger partial charge in [-0.3, -0.25) is 0 Å². The molecule has 18 heavy (non-hydrogen) atoms. The van der Waals surface area contributed by atoms with E-state index >= 15 is 0 Å². The van der Waals surface area contributed by atoms with E-state index in [2.05, 4.69) is 25.7 Å². The molecule has 0 spiro atoms. The standard InChI is InChI=1S/C16H33NO/c1-4-14(5-2)12-17(6-3)13-15-10-8-7-9-11-16(15)18/h14-16,18H,4-13H2,1-3H3. The molecule has 2 nitrogen and oxygen atoms in total. The topological polar surface area (TPSA) is 23.5 Å². The van der Waals surface area contributed by atoms with Crippen LogP contribution in [0.1, 0.15) is 65.7 Å². The third-order valence-corrected chi connectivity index (χ3v) is 4.73. The van der Waals surface area contributed by atoms with E-state index in [0.29, 0.717) is 5.92 Å². The fraction of sp³-hybridized carbons (Fsp3) is 1.00. The minimum absolute atomic E-state index is 0.0525. The molecule has 1 N–H and O–H groups in total. The molecule has 1 aliphatic rings. The normalized spacial score (nSPS) is 25.7. The van der Waals surface area contributed by atoms with Crippen molar-refractivity contribution in [3.63, 3.8) is 0 Å². The van der Waals surface area contributed by atoms with Crippen LogP contribution in [0.2, 0.25) is 0 Å². The summed E-state index contributed by atoms with van der Waals surface area (Å²) in [4.78, 5) is 2.57. The molecular formula is C16H33NO. The molecule has 0 amide bonds. The lowest BCUT2D eigenvalue weighted by Crippen LogP contribution is -2.37. The molecule has 108 valence electrons. The van der Waals surface area contributed by atoms with Crippen LogP contribution in [0.5, 0.6) is 0 Å². The second kappa shape index (κ2) is 8.92. The first-order valence-electron chi connectivity index (χ1n) is 8.11. The number of hydrogen-bond acceptors (Lipinski definition) is 2. The molecule has 0 bridgehead atoms. The quantitative estimate of drug-likeness (QED) is 0.701. The molecule has 0 saturated heterocycles. The van der Waals surface area contributed by atoms with Crippen LogP contribution in [0, 0.1) is 11.8 Å². The Morgan fingerprint density at radius 3 is 2.33 bits per heavy atom. The molecule has 2 unspecified atom stereocenters. The van der Waals surface area contributed by atoms with Crippen LogP contribution in [-0.2, 0) is 0 Å². The number of nitrogens with zero attached hydrogens (tertiary/aromatic N) is 1. The Balaban J connectivity index is 2.44. The van der Waals surface area contributed by atoms with Gasteiger partial charge in [-0.2, -0.15) is 0 Å². The molecule has 2 heteroatoms. The minimum atomic E-state index is -0.0525. The first-order chi connectivity index (χ1) is 8.71. The molecule has 0 aromatic heterocycles. The predicted molar refractivity (Wildman–Crippen MR) is 78.8 cm³/mol. The largest absolute Gasteiger partial charge is 0.393 e. The van der Waals surface area contributed by atoms with Crippen LogP contribution >= 0.6 is 0 Å². The van der Waals surface area contributed by atoms with Crippen molar-refractivity contribution in [3.8, 4) is 0 Å². The fourth-order valence-corrected chi connectivity index (χ4v) is 3.15. The maximum atomic E-state index is 10.2. The summed E-state index contributed by atoms with van der Waals surface area (Å²) in [7, 11) is 0. The lowest BCUT2D eigenvalue weighted by atomic mass is 9.95. The molecule has 1 saturated carbocycles. The van der Waals surface area contributed by atoms with Crippen molar-refractivity contribution in [2.24, 2.45) is 11.8 Å². The summed E-state index contributed by atoms with van der Waals surface area (Å²) in [6.45, 7) is 10.3. The van der Waals surface area contributed by atoms with Crippen LogP contribution in [0.4, 0.5) is 0 Å². The van der Waals surface area contributed by atoms with Gasteiger partial charge in [0.2, 0.25) is 0 Å². The average molecular weight is 255 g/mol. The molecule has 1 rings (SSSR count). The van der Waals surface area contributed by atoms with Gasteiger partial charge in [-0.05, 0) is 31.2 Å². The van der Waals surface area contributed by atoms with Crippen molar-refractivity contribution in [2.75, 3.05) is 19.6 Å². The third-order valence-electron chi connectivity index (χ3n) is 4.73. The van der Waals surface area contributed by atoms with Crippen molar-refractivity contribution >= 4 is 0 Å². The van der Waals surface area contributed by atoms with Gasteiger partial charge < -0.3 is 10.0 Å². The summed E-state index contributed by atoms with van der Waals surface area (Å²) in [5, 5.41) is 10.2. The van der Waals surface area contributed by atoms with Gasteiger partial charge in [0, 0.05) is 13.1 Å². The summed E-state index contributed by atoms with van der Waals surface area (Å²) in [6.07, 6.45) is 8.59. The van der Waals surface area contributed by atoms with Crippen molar-refractivity contribution in [1.82, 2.24) is 4.90 Å². The molecular weight excluding hydrogens is 222 g/mol. The SMILES string of the molecule is CCC(CC)CN(CC)CC1CCCCCC1O. The summed E-state index contributed by atoms with van der Waals surface area (Å²) in [5.74, 6) is 1.34. The molecule has 0 heterocycles. The molecule has 0 radical (unpaired) electrons. The van der Waals surface area contributed by atoms with Gasteiger partial charge in [0.25, 0.3) is 0 Å². The van der Waals surface area contributed by atoms with Gasteiger partial charge in [0.05, 0.1) is 6.10 Å². The molecule has 1 fully saturated rings. The van der Waals surface area contributed by atoms with Crippen LogP contribution in [-0.4, -0.2) is 35.7 Å². The second-order valence-corrected chi connectivity index (χ2v) is 6.00. The monoisotopic (exact) mass is 255 g/mol. The number of hydrogen-bond donors (Lipinski definition) is 1. The highest BCUT2D eigenvalue weighted by atomic mass is 16.3. The Bertz CT molecular complexity index is 203. The van der Waals surface area contributed by atoms with E-state index in [1.54, 1.807) is 0 Å². The summed E-state index contributed by atoms with van der Waals surface area (Å²) < 4.78 is 0. The highest BCUT2D eigenvalue weighted by molar-refractivity contribution is 4.77. The Morgan fingerprint density at radius 2 is 1.72 bits per heavy atom. The van der Waals surface area contributed by atoms with E-state index in [4.69, 9.17) is 0 Å². The molecule has 0 aromatic rings. The average Bonchev–Trinajstić information content (AvgIpc) is 2.59. The van der Waals surface area contributed by atoms with Crippen molar-refractivity contribution in [3.05, 3.63) is 0 Å². The van der Waals surface area contributed by atoms with E-state index in [1.807, 2.05) is 0 Å². The molecule has 0 aromatic carbocycles. The predicted octanol–water partition coefficient (Wildman–Crippen LogP) is 3.69. The van der Waals surface area contributed by atoms with Gasteiger partial charge in [0.1, 0.15) is 0 Å². The lowest BCUT2D eigenvalue weighted by Gasteiger charge is -2.30. The van der Waals surface area contributed by atoms with Gasteiger partial charge in [-0.15, -0.1) is 0 Å². The molecule has 1 aliphatic carbocycles. The first-order valence-corrected chi connectivity index (χ1v) is 8.11. The molecule has 2 atom stereocenters.